The van der Waals surface area contributed by atoms with Crippen molar-refractivity contribution in [3.63, 3.8) is 0 Å². The number of halogens is 3. The number of aromatic nitrogens is 2. The Morgan fingerprint density at radius 2 is 1.73 bits per heavy atom. The molecular formula is C13H10Cl3N5O. The summed E-state index contributed by atoms with van der Waals surface area (Å²) >= 11 is 18.2. The Morgan fingerprint density at radius 3 is 2.27 bits per heavy atom. The number of nitrogens with two attached hydrogens (primary N) is 1. The first-order valence-corrected chi connectivity index (χ1v) is 7.09. The SMILES string of the molecule is Cc1c(Cl)nnc(Oc2c(Cl)cc(N(N)C#N)cc2Cl)c1C. The highest BCUT2D eigenvalue weighted by molar-refractivity contribution is 6.37. The minimum absolute atomic E-state index is 0.182. The van der Waals surface area contributed by atoms with Crippen molar-refractivity contribution in [1.29, 1.82) is 5.26 Å². The van der Waals surface area contributed by atoms with Gasteiger partial charge in [0.25, 0.3) is 0 Å². The molecule has 0 aliphatic carbocycles. The van der Waals surface area contributed by atoms with Gasteiger partial charge < -0.3 is 4.74 Å². The number of hydrogen-bond donors (Lipinski definition) is 1. The lowest BCUT2D eigenvalue weighted by Crippen LogP contribution is -2.24. The molecule has 0 aliphatic heterocycles. The Kier molecular flexibility index (Phi) is 4.94. The van der Waals surface area contributed by atoms with Crippen molar-refractivity contribution >= 4 is 40.5 Å². The van der Waals surface area contributed by atoms with Gasteiger partial charge >= 0.3 is 0 Å². The molecule has 1 aromatic heterocycles. The number of nitrogens with zero attached hydrogens (tertiary/aromatic N) is 4. The highest BCUT2D eigenvalue weighted by Crippen LogP contribution is 2.40. The number of ether oxygens (including phenoxy) is 1. The summed E-state index contributed by atoms with van der Waals surface area (Å²) in [5.41, 5.74) is 1.79. The summed E-state index contributed by atoms with van der Waals surface area (Å²) < 4.78 is 5.64. The summed E-state index contributed by atoms with van der Waals surface area (Å²) in [6.07, 6.45) is 1.74. The van der Waals surface area contributed by atoms with Crippen molar-refractivity contribution in [2.75, 3.05) is 5.01 Å². The van der Waals surface area contributed by atoms with Crippen LogP contribution in [0.1, 0.15) is 11.1 Å². The molecule has 22 heavy (non-hydrogen) atoms. The summed E-state index contributed by atoms with van der Waals surface area (Å²) in [5, 5.41) is 17.9. The standard InChI is InChI=1S/C13H10Cl3N5O/c1-6-7(2)13(20-19-12(6)16)22-11-9(14)3-8(4-10(11)15)21(18)5-17/h3-4H,18H2,1-2H3. The molecule has 0 radical (unpaired) electrons. The molecular weight excluding hydrogens is 349 g/mol. The van der Waals surface area contributed by atoms with E-state index in [2.05, 4.69) is 10.2 Å². The van der Waals surface area contributed by atoms with E-state index >= 15 is 0 Å². The van der Waals surface area contributed by atoms with E-state index in [4.69, 9.17) is 50.6 Å². The first-order chi connectivity index (χ1) is 10.3. The molecule has 0 aliphatic rings. The van der Waals surface area contributed by atoms with Gasteiger partial charge in [-0.25, -0.2) is 10.9 Å². The normalized spacial score (nSPS) is 10.2. The van der Waals surface area contributed by atoms with E-state index in [1.807, 2.05) is 0 Å². The Bertz CT molecular complexity index is 752. The molecule has 0 saturated carbocycles. The van der Waals surface area contributed by atoms with Crippen LogP contribution in [0.15, 0.2) is 12.1 Å². The largest absolute Gasteiger partial charge is 0.434 e. The van der Waals surface area contributed by atoms with Crippen molar-refractivity contribution in [2.24, 2.45) is 5.84 Å². The molecule has 1 heterocycles. The second-order valence-corrected chi connectivity index (χ2v) is 5.53. The van der Waals surface area contributed by atoms with Gasteiger partial charge in [0.05, 0.1) is 15.7 Å². The maximum Gasteiger partial charge on any atom is 0.242 e. The van der Waals surface area contributed by atoms with Crippen molar-refractivity contribution in [1.82, 2.24) is 10.2 Å². The molecule has 0 fully saturated rings. The van der Waals surface area contributed by atoms with Crippen molar-refractivity contribution < 1.29 is 4.74 Å². The van der Waals surface area contributed by atoms with E-state index in [1.165, 1.54) is 12.1 Å². The molecule has 2 rings (SSSR count). The number of rotatable bonds is 3. The third-order valence-corrected chi connectivity index (χ3v) is 3.91. The predicted octanol–water partition coefficient (Wildman–Crippen LogP) is 4.01. The molecule has 0 atom stereocenters. The van der Waals surface area contributed by atoms with Gasteiger partial charge in [-0.2, -0.15) is 5.26 Å². The first kappa shape index (κ1) is 16.6. The minimum Gasteiger partial charge on any atom is -0.434 e. The number of nitriles is 1. The molecule has 1 aromatic carbocycles. The maximum atomic E-state index is 8.77. The molecule has 0 unspecified atom stereocenters. The fourth-order valence-corrected chi connectivity index (χ4v) is 2.32. The molecule has 2 N–H and O–H groups in total. The zero-order valence-electron chi connectivity index (χ0n) is 11.6. The van der Waals surface area contributed by atoms with Crippen molar-refractivity contribution in [3.05, 3.63) is 38.5 Å². The van der Waals surface area contributed by atoms with E-state index in [0.29, 0.717) is 16.4 Å². The van der Waals surface area contributed by atoms with E-state index < -0.39 is 0 Å². The number of hydrogen-bond acceptors (Lipinski definition) is 6. The zero-order chi connectivity index (χ0) is 16.4. The van der Waals surface area contributed by atoms with Gasteiger partial charge in [0.1, 0.15) is 0 Å². The van der Waals surface area contributed by atoms with Gasteiger partial charge in [-0.15, -0.1) is 10.2 Å². The van der Waals surface area contributed by atoms with Gasteiger partial charge in [0.15, 0.2) is 17.1 Å². The number of benzene rings is 1. The summed E-state index contributed by atoms with van der Waals surface area (Å²) in [7, 11) is 0. The molecule has 0 saturated heterocycles. The van der Waals surface area contributed by atoms with Gasteiger partial charge in [-0.05, 0) is 31.5 Å². The fourth-order valence-electron chi connectivity index (χ4n) is 1.59. The average Bonchev–Trinajstić information content (AvgIpc) is 2.49. The van der Waals surface area contributed by atoms with Crippen LogP contribution in [-0.4, -0.2) is 10.2 Å². The first-order valence-electron chi connectivity index (χ1n) is 5.96. The third kappa shape index (κ3) is 3.18. The van der Waals surface area contributed by atoms with Crippen LogP contribution in [0.25, 0.3) is 0 Å². The Hall–Kier alpha value is -1.78. The van der Waals surface area contributed by atoms with Gasteiger partial charge in [0.2, 0.25) is 5.88 Å². The van der Waals surface area contributed by atoms with Crippen LogP contribution in [-0.2, 0) is 0 Å². The van der Waals surface area contributed by atoms with Crippen LogP contribution in [0.5, 0.6) is 11.6 Å². The van der Waals surface area contributed by atoms with Crippen LogP contribution in [0.2, 0.25) is 15.2 Å². The highest BCUT2D eigenvalue weighted by atomic mass is 35.5. The summed E-state index contributed by atoms with van der Waals surface area (Å²) in [6.45, 7) is 3.59. The molecule has 2 aromatic rings. The molecule has 0 bridgehead atoms. The second kappa shape index (κ2) is 6.55. The lowest BCUT2D eigenvalue weighted by atomic mass is 10.2. The lowest BCUT2D eigenvalue weighted by molar-refractivity contribution is 0.451. The predicted molar refractivity (Wildman–Crippen MR) is 85.3 cm³/mol. The van der Waals surface area contributed by atoms with Crippen molar-refractivity contribution in [2.45, 2.75) is 13.8 Å². The quantitative estimate of drug-likeness (QED) is 0.386. The van der Waals surface area contributed by atoms with Crippen LogP contribution in [0.4, 0.5) is 5.69 Å². The van der Waals surface area contributed by atoms with Gasteiger partial charge in [-0.3, -0.25) is 0 Å². The highest BCUT2D eigenvalue weighted by Gasteiger charge is 2.16. The number of anilines is 1. The van der Waals surface area contributed by atoms with Gasteiger partial charge in [-0.1, -0.05) is 34.8 Å². The Morgan fingerprint density at radius 1 is 1.14 bits per heavy atom. The monoisotopic (exact) mass is 357 g/mol. The molecule has 6 nitrogen and oxygen atoms in total. The topological polar surface area (TPSA) is 88.1 Å². The van der Waals surface area contributed by atoms with E-state index in [0.717, 1.165) is 10.6 Å². The van der Waals surface area contributed by atoms with E-state index in [-0.39, 0.29) is 21.7 Å². The zero-order valence-corrected chi connectivity index (χ0v) is 13.8. The maximum absolute atomic E-state index is 8.77. The molecule has 114 valence electrons. The second-order valence-electron chi connectivity index (χ2n) is 4.36. The van der Waals surface area contributed by atoms with Crippen LogP contribution in [0.3, 0.4) is 0 Å². The fraction of sp³-hybridized carbons (Fsp3) is 0.154. The number of hydrazine groups is 1. The molecule has 0 amide bonds. The molecule has 9 heteroatoms. The van der Waals surface area contributed by atoms with Crippen LogP contribution in [0, 0.1) is 25.3 Å². The smallest absolute Gasteiger partial charge is 0.242 e. The lowest BCUT2D eigenvalue weighted by Gasteiger charge is -2.14. The van der Waals surface area contributed by atoms with Crippen LogP contribution < -0.4 is 15.6 Å². The summed E-state index contributed by atoms with van der Waals surface area (Å²) in [6, 6.07) is 2.91. The summed E-state index contributed by atoms with van der Waals surface area (Å²) in [4.78, 5) is 0. The van der Waals surface area contributed by atoms with Gasteiger partial charge in [0, 0.05) is 5.56 Å². The summed E-state index contributed by atoms with van der Waals surface area (Å²) in [5.74, 6) is 5.90. The van der Waals surface area contributed by atoms with Crippen molar-refractivity contribution in [3.8, 4) is 17.8 Å². The Balaban J connectivity index is 2.43. The average molecular weight is 359 g/mol. The Labute approximate surface area is 141 Å². The van der Waals surface area contributed by atoms with Crippen LogP contribution >= 0.6 is 34.8 Å². The molecule has 0 spiro atoms. The van der Waals surface area contributed by atoms with E-state index in [1.54, 1.807) is 20.0 Å². The third-order valence-electron chi connectivity index (χ3n) is 2.99. The van der Waals surface area contributed by atoms with E-state index in [9.17, 15) is 0 Å². The minimum atomic E-state index is 0.182.